The van der Waals surface area contributed by atoms with Crippen molar-refractivity contribution >= 4 is 58.2 Å². The van der Waals surface area contributed by atoms with Crippen molar-refractivity contribution in [2.75, 3.05) is 11.5 Å². The highest BCUT2D eigenvalue weighted by atomic mass is 32.2. The predicted molar refractivity (Wildman–Crippen MR) is 143 cm³/mol. The van der Waals surface area contributed by atoms with E-state index in [9.17, 15) is 13.2 Å². The van der Waals surface area contributed by atoms with Crippen LogP contribution < -0.4 is 26.6 Å². The highest BCUT2D eigenvalue weighted by molar-refractivity contribution is 7.96. The minimum Gasteiger partial charge on any atom is -0.399 e. The lowest BCUT2D eigenvalue weighted by Gasteiger charge is -2.30. The van der Waals surface area contributed by atoms with Gasteiger partial charge in [-0.25, -0.2) is 17.6 Å². The summed E-state index contributed by atoms with van der Waals surface area (Å²) in [5, 5.41) is 3.21. The van der Waals surface area contributed by atoms with Gasteiger partial charge in [0.2, 0.25) is 0 Å². The highest BCUT2D eigenvalue weighted by Crippen LogP contribution is 2.42. The highest BCUT2D eigenvalue weighted by Gasteiger charge is 2.36. The lowest BCUT2D eigenvalue weighted by Crippen LogP contribution is -2.38. The number of hydrogen-bond acceptors (Lipinski definition) is 5. The third-order valence-corrected chi connectivity index (χ3v) is 7.74. The molecular formula is C28H23F3N4S. The summed E-state index contributed by atoms with van der Waals surface area (Å²) in [5.74, 6) is -3.34. The van der Waals surface area contributed by atoms with Gasteiger partial charge in [0, 0.05) is 40.2 Å². The molecule has 36 heavy (non-hydrogen) atoms. The molecular weight excluding hydrogens is 481 g/mol. The summed E-state index contributed by atoms with van der Waals surface area (Å²) in [6.45, 7) is 1.95. The minimum atomic E-state index is -3.01. The Bertz CT molecular complexity index is 1670. The monoisotopic (exact) mass is 504 g/mol. The summed E-state index contributed by atoms with van der Waals surface area (Å²) in [5.41, 5.74) is 15.6. The Balaban J connectivity index is 1.58. The van der Waals surface area contributed by atoms with Gasteiger partial charge >= 0.3 is 0 Å². The van der Waals surface area contributed by atoms with Crippen LogP contribution in [0.25, 0.3) is 28.5 Å². The summed E-state index contributed by atoms with van der Waals surface area (Å²) in [4.78, 5) is 0. The van der Waals surface area contributed by atoms with Crippen LogP contribution in [0.5, 0.6) is 0 Å². The van der Waals surface area contributed by atoms with Crippen LogP contribution in [0, 0.1) is 5.82 Å². The molecule has 6 rings (SSSR count). The average Bonchev–Trinajstić information content (AvgIpc) is 2.85. The normalized spacial score (nSPS) is 21.9. The SMILES string of the molecule is C[C@]1(c2cc(N)ccc2F)C=c2c(N)cc3c4c(ccc3c2=CC1)C(C1=CC=NSN1)=CC(F)(F)C4. The van der Waals surface area contributed by atoms with E-state index in [1.165, 1.54) is 12.1 Å². The zero-order valence-electron chi connectivity index (χ0n) is 19.4. The Labute approximate surface area is 210 Å². The molecule has 0 fully saturated rings. The van der Waals surface area contributed by atoms with E-state index in [1.807, 2.05) is 31.2 Å². The van der Waals surface area contributed by atoms with Crippen LogP contribution in [0.15, 0.2) is 58.6 Å². The van der Waals surface area contributed by atoms with E-state index in [0.717, 1.165) is 39.6 Å². The average molecular weight is 505 g/mol. The van der Waals surface area contributed by atoms with E-state index in [-0.39, 0.29) is 5.82 Å². The Morgan fingerprint density at radius 3 is 2.64 bits per heavy atom. The van der Waals surface area contributed by atoms with Crippen LogP contribution in [-0.4, -0.2) is 12.1 Å². The molecule has 5 N–H and O–H groups in total. The van der Waals surface area contributed by atoms with Crippen molar-refractivity contribution in [3.05, 3.63) is 87.2 Å². The van der Waals surface area contributed by atoms with Crippen LogP contribution in [0.2, 0.25) is 0 Å². The first-order valence-electron chi connectivity index (χ1n) is 11.5. The molecule has 0 radical (unpaired) electrons. The second-order valence-electron chi connectivity index (χ2n) is 9.71. The van der Waals surface area contributed by atoms with Crippen LogP contribution >= 0.6 is 12.1 Å². The molecule has 1 aliphatic heterocycles. The number of nitrogens with zero attached hydrogens (tertiary/aromatic N) is 1. The lowest BCUT2D eigenvalue weighted by atomic mass is 9.75. The topological polar surface area (TPSA) is 76.4 Å². The van der Waals surface area contributed by atoms with Gasteiger partial charge in [0.05, 0.1) is 17.8 Å². The maximum atomic E-state index is 15.0. The van der Waals surface area contributed by atoms with Gasteiger partial charge in [-0.1, -0.05) is 31.2 Å². The van der Waals surface area contributed by atoms with Crippen molar-refractivity contribution in [1.82, 2.24) is 4.72 Å². The second-order valence-corrected chi connectivity index (χ2v) is 10.3. The van der Waals surface area contributed by atoms with Crippen LogP contribution in [0.1, 0.15) is 30.0 Å². The van der Waals surface area contributed by atoms with Crippen LogP contribution in [0.3, 0.4) is 0 Å². The zero-order valence-corrected chi connectivity index (χ0v) is 20.2. The number of halogens is 3. The molecule has 4 nitrogen and oxygen atoms in total. The summed E-state index contributed by atoms with van der Waals surface area (Å²) < 4.78 is 51.7. The van der Waals surface area contributed by atoms with Gasteiger partial charge < -0.3 is 16.2 Å². The van der Waals surface area contributed by atoms with E-state index >= 15 is 0 Å². The number of anilines is 2. The molecule has 0 saturated heterocycles. The Morgan fingerprint density at radius 1 is 1.03 bits per heavy atom. The van der Waals surface area contributed by atoms with Gasteiger partial charge in [-0.3, -0.25) is 0 Å². The Kier molecular flexibility index (Phi) is 5.02. The fourth-order valence-electron chi connectivity index (χ4n) is 5.47. The Morgan fingerprint density at radius 2 is 1.86 bits per heavy atom. The van der Waals surface area contributed by atoms with Crippen molar-refractivity contribution in [3.63, 3.8) is 0 Å². The van der Waals surface area contributed by atoms with E-state index < -0.39 is 17.8 Å². The van der Waals surface area contributed by atoms with E-state index in [1.54, 1.807) is 24.4 Å². The molecule has 3 aromatic carbocycles. The summed E-state index contributed by atoms with van der Waals surface area (Å²) in [6, 6.07) is 10.2. The maximum absolute atomic E-state index is 15.0. The molecule has 2 aliphatic carbocycles. The van der Waals surface area contributed by atoms with Gasteiger partial charge in [-0.2, -0.15) is 0 Å². The van der Waals surface area contributed by atoms with Crippen molar-refractivity contribution in [2.45, 2.75) is 31.1 Å². The minimum absolute atomic E-state index is 0.330. The van der Waals surface area contributed by atoms with Gasteiger partial charge in [-0.05, 0) is 75.5 Å². The van der Waals surface area contributed by atoms with Crippen LogP contribution in [0.4, 0.5) is 24.5 Å². The number of fused-ring (bicyclic) bond motifs is 5. The standard InChI is InChI=1S/C28H23F3N4S/c1-27(23-10-15(32)2-5-24(23)29)8-6-18-16-3-4-17-20(19(16)11-25(33)21(18)12-27)13-28(30,31)14-22(17)26-7-9-34-36-35-26/h2-7,9-12,14,35H,8,13,32-33H2,1H3/t27-/m1/s1. The van der Waals surface area contributed by atoms with Crippen LogP contribution in [-0.2, 0) is 11.8 Å². The Hall–Kier alpha value is -3.65. The molecule has 0 saturated carbocycles. The lowest BCUT2D eigenvalue weighted by molar-refractivity contribution is 0.0551. The van der Waals surface area contributed by atoms with Crippen molar-refractivity contribution < 1.29 is 13.2 Å². The summed E-state index contributed by atoms with van der Waals surface area (Å²) in [7, 11) is 0. The van der Waals surface area contributed by atoms with Gasteiger partial charge in [-0.15, -0.1) is 0 Å². The van der Waals surface area contributed by atoms with Crippen molar-refractivity contribution in [2.24, 2.45) is 4.40 Å². The molecule has 3 aliphatic rings. The van der Waals surface area contributed by atoms with Gasteiger partial charge in [0.25, 0.3) is 5.92 Å². The first kappa shape index (κ1) is 22.8. The smallest absolute Gasteiger partial charge is 0.271 e. The van der Waals surface area contributed by atoms with Gasteiger partial charge in [0.15, 0.2) is 0 Å². The largest absolute Gasteiger partial charge is 0.399 e. The number of nitrogens with two attached hydrogens (primary N) is 2. The number of benzene rings is 3. The molecule has 1 atom stereocenters. The van der Waals surface area contributed by atoms with Crippen molar-refractivity contribution in [3.8, 4) is 0 Å². The van der Waals surface area contributed by atoms with E-state index in [2.05, 4.69) is 9.12 Å². The van der Waals surface area contributed by atoms with Gasteiger partial charge in [0.1, 0.15) is 5.82 Å². The number of nitrogen functional groups attached to an aromatic ring is 2. The summed E-state index contributed by atoms with van der Waals surface area (Å²) >= 11 is 1.10. The maximum Gasteiger partial charge on any atom is 0.271 e. The molecule has 0 spiro atoms. The quantitative estimate of drug-likeness (QED) is 0.347. The zero-order chi connectivity index (χ0) is 25.2. The fraction of sp³-hybridized carbons (Fsp3) is 0.179. The molecule has 0 amide bonds. The third kappa shape index (κ3) is 3.59. The van der Waals surface area contributed by atoms with E-state index in [0.29, 0.717) is 45.6 Å². The first-order valence-corrected chi connectivity index (χ1v) is 12.3. The molecule has 0 unspecified atom stereocenters. The predicted octanol–water partition coefficient (Wildman–Crippen LogP) is 4.76. The molecule has 182 valence electrons. The third-order valence-electron chi connectivity index (χ3n) is 7.21. The number of nitrogens with one attached hydrogen (secondary N) is 1. The molecule has 3 aromatic rings. The molecule has 0 aromatic heterocycles. The first-order chi connectivity index (χ1) is 17.2. The number of hydrogen-bond donors (Lipinski definition) is 3. The molecule has 0 bridgehead atoms. The summed E-state index contributed by atoms with van der Waals surface area (Å²) in [6.07, 6.45) is 8.41. The van der Waals surface area contributed by atoms with Crippen molar-refractivity contribution in [1.29, 1.82) is 0 Å². The molecule has 1 heterocycles. The van der Waals surface area contributed by atoms with E-state index in [4.69, 9.17) is 11.5 Å². The second kappa shape index (κ2) is 7.93. The molecule has 8 heteroatoms. The number of alkyl halides is 2. The fourth-order valence-corrected chi connectivity index (χ4v) is 5.92. The number of allylic oxidation sites excluding steroid dienone is 3. The number of rotatable bonds is 2.